The Kier molecular flexibility index (Phi) is 4.00. The van der Waals surface area contributed by atoms with Gasteiger partial charge in [0.2, 0.25) is 5.91 Å². The van der Waals surface area contributed by atoms with Crippen LogP contribution in [0.2, 0.25) is 5.02 Å². The lowest BCUT2D eigenvalue weighted by atomic mass is 10.3. The van der Waals surface area contributed by atoms with E-state index in [4.69, 9.17) is 16.1 Å². The van der Waals surface area contributed by atoms with Gasteiger partial charge in [-0.25, -0.2) is 4.98 Å². The molecule has 0 spiro atoms. The number of aryl methyl sites for hydroxylation is 2. The lowest BCUT2D eigenvalue weighted by Gasteiger charge is -2.08. The van der Waals surface area contributed by atoms with E-state index < -0.39 is 0 Å². The third kappa shape index (κ3) is 3.05. The number of aromatic nitrogens is 2. The molecule has 3 rings (SSSR count). The van der Waals surface area contributed by atoms with Crippen molar-refractivity contribution in [2.75, 3.05) is 17.2 Å². The van der Waals surface area contributed by atoms with Gasteiger partial charge in [0.1, 0.15) is 11.3 Å². The molecule has 6 nitrogen and oxygen atoms in total. The number of anilines is 2. The van der Waals surface area contributed by atoms with E-state index in [-0.39, 0.29) is 12.5 Å². The van der Waals surface area contributed by atoms with Gasteiger partial charge in [0.05, 0.1) is 27.0 Å². The third-order valence-electron chi connectivity index (χ3n) is 2.94. The summed E-state index contributed by atoms with van der Waals surface area (Å²) in [6.45, 7) is 3.75. The van der Waals surface area contributed by atoms with Crippen molar-refractivity contribution in [2.24, 2.45) is 0 Å². The molecule has 0 aliphatic heterocycles. The van der Waals surface area contributed by atoms with Crippen LogP contribution in [-0.4, -0.2) is 22.6 Å². The van der Waals surface area contributed by atoms with Crippen LogP contribution in [0, 0.1) is 13.8 Å². The minimum Gasteiger partial charge on any atom is -0.373 e. The van der Waals surface area contributed by atoms with Crippen molar-refractivity contribution < 1.29 is 9.32 Å². The highest BCUT2D eigenvalue weighted by molar-refractivity contribution is 7.18. The summed E-state index contributed by atoms with van der Waals surface area (Å²) >= 11 is 7.78. The zero-order valence-electron chi connectivity index (χ0n) is 11.9. The van der Waals surface area contributed by atoms with Gasteiger partial charge in [0.25, 0.3) is 0 Å². The second-order valence-electron chi connectivity index (χ2n) is 4.73. The predicted octanol–water partition coefficient (Wildman–Crippen LogP) is 3.61. The lowest BCUT2D eigenvalue weighted by Crippen LogP contribution is -2.22. The van der Waals surface area contributed by atoms with Gasteiger partial charge in [-0.2, -0.15) is 0 Å². The predicted molar refractivity (Wildman–Crippen MR) is 87.7 cm³/mol. The summed E-state index contributed by atoms with van der Waals surface area (Å²) < 4.78 is 5.92. The van der Waals surface area contributed by atoms with Crippen molar-refractivity contribution in [3.05, 3.63) is 34.0 Å². The Morgan fingerprint density at radius 2 is 2.23 bits per heavy atom. The Morgan fingerprint density at radius 1 is 1.41 bits per heavy atom. The topological polar surface area (TPSA) is 80.0 Å². The van der Waals surface area contributed by atoms with Gasteiger partial charge >= 0.3 is 0 Å². The van der Waals surface area contributed by atoms with Gasteiger partial charge in [-0.1, -0.05) is 16.8 Å². The Hall–Kier alpha value is -2.12. The molecule has 1 aromatic carbocycles. The molecule has 2 N–H and O–H groups in total. The smallest absolute Gasteiger partial charge is 0.244 e. The molecule has 114 valence electrons. The Morgan fingerprint density at radius 3 is 2.95 bits per heavy atom. The molecule has 1 amide bonds. The summed E-state index contributed by atoms with van der Waals surface area (Å²) in [5.74, 6) is 0.778. The molecule has 22 heavy (non-hydrogen) atoms. The second-order valence-corrected chi connectivity index (χ2v) is 6.37. The van der Waals surface area contributed by atoms with Crippen molar-refractivity contribution in [3.63, 3.8) is 0 Å². The summed E-state index contributed by atoms with van der Waals surface area (Å²) in [7, 11) is 0. The van der Waals surface area contributed by atoms with Crippen molar-refractivity contribution in [3.8, 4) is 0 Å². The SMILES string of the molecule is Cc1cc(NC(=O)CNc2c(Cl)ccc3sc(C)nc23)no1. The molecule has 0 fully saturated rings. The van der Waals surface area contributed by atoms with E-state index >= 15 is 0 Å². The van der Waals surface area contributed by atoms with Gasteiger partial charge in [-0.15, -0.1) is 11.3 Å². The van der Waals surface area contributed by atoms with Crippen LogP contribution in [0.15, 0.2) is 22.7 Å². The zero-order chi connectivity index (χ0) is 15.7. The van der Waals surface area contributed by atoms with Crippen LogP contribution in [0.25, 0.3) is 10.2 Å². The van der Waals surface area contributed by atoms with E-state index in [2.05, 4.69) is 20.8 Å². The molecule has 0 unspecified atom stereocenters. The average molecular weight is 337 g/mol. The van der Waals surface area contributed by atoms with E-state index in [9.17, 15) is 4.79 Å². The van der Waals surface area contributed by atoms with Crippen LogP contribution in [0.4, 0.5) is 11.5 Å². The number of nitrogens with one attached hydrogen (secondary N) is 2. The van der Waals surface area contributed by atoms with E-state index in [1.54, 1.807) is 30.4 Å². The standard InChI is InChI=1S/C14H13ClN4O2S/c1-7-5-11(19-21-7)18-12(20)6-16-13-9(15)3-4-10-14(13)17-8(2)22-10/h3-5,16H,6H2,1-2H3,(H,18,19,20). The van der Waals surface area contributed by atoms with Crippen molar-refractivity contribution in [2.45, 2.75) is 13.8 Å². The third-order valence-corrected chi connectivity index (χ3v) is 4.19. The van der Waals surface area contributed by atoms with Gasteiger partial charge in [-0.3, -0.25) is 4.79 Å². The fraction of sp³-hybridized carbons (Fsp3) is 0.214. The minimum absolute atomic E-state index is 0.0569. The molecule has 0 atom stereocenters. The summed E-state index contributed by atoms with van der Waals surface area (Å²) in [4.78, 5) is 16.4. The molecule has 0 saturated heterocycles. The highest BCUT2D eigenvalue weighted by Crippen LogP contribution is 2.33. The molecule has 0 radical (unpaired) electrons. The Bertz CT molecular complexity index is 843. The van der Waals surface area contributed by atoms with Gasteiger partial charge in [-0.05, 0) is 26.0 Å². The first-order valence-corrected chi connectivity index (χ1v) is 7.75. The van der Waals surface area contributed by atoms with E-state index in [1.165, 1.54) is 0 Å². The number of nitrogens with zero attached hydrogens (tertiary/aromatic N) is 2. The fourth-order valence-electron chi connectivity index (χ4n) is 2.03. The van der Waals surface area contributed by atoms with Crippen LogP contribution in [0.1, 0.15) is 10.8 Å². The van der Waals surface area contributed by atoms with Crippen molar-refractivity contribution in [1.29, 1.82) is 0 Å². The number of hydrogen-bond donors (Lipinski definition) is 2. The number of amides is 1. The van der Waals surface area contributed by atoms with Gasteiger partial charge in [0, 0.05) is 6.07 Å². The number of fused-ring (bicyclic) bond motifs is 1. The monoisotopic (exact) mass is 336 g/mol. The largest absolute Gasteiger partial charge is 0.373 e. The van der Waals surface area contributed by atoms with Crippen molar-refractivity contribution in [1.82, 2.24) is 10.1 Å². The average Bonchev–Trinajstić information content (AvgIpc) is 3.03. The van der Waals surface area contributed by atoms with Gasteiger partial charge in [0.15, 0.2) is 5.82 Å². The zero-order valence-corrected chi connectivity index (χ0v) is 13.5. The quantitative estimate of drug-likeness (QED) is 0.760. The van der Waals surface area contributed by atoms with Crippen LogP contribution >= 0.6 is 22.9 Å². The van der Waals surface area contributed by atoms with E-state index in [1.807, 2.05) is 13.0 Å². The summed E-state index contributed by atoms with van der Waals surface area (Å²) in [6, 6.07) is 5.36. The maximum atomic E-state index is 11.9. The number of halogens is 1. The van der Waals surface area contributed by atoms with Gasteiger partial charge < -0.3 is 15.2 Å². The molecule has 0 aliphatic rings. The lowest BCUT2D eigenvalue weighted by molar-refractivity contribution is -0.114. The van der Waals surface area contributed by atoms with Crippen LogP contribution in [0.5, 0.6) is 0 Å². The molecule has 3 aromatic rings. The number of rotatable bonds is 4. The molecule has 0 aliphatic carbocycles. The molecule has 2 aromatic heterocycles. The first-order chi connectivity index (χ1) is 10.5. The number of hydrogen-bond acceptors (Lipinski definition) is 6. The molecular weight excluding hydrogens is 324 g/mol. The van der Waals surface area contributed by atoms with Crippen LogP contribution in [-0.2, 0) is 4.79 Å². The van der Waals surface area contributed by atoms with Crippen LogP contribution in [0.3, 0.4) is 0 Å². The molecule has 2 heterocycles. The summed E-state index contributed by atoms with van der Waals surface area (Å²) in [5, 5.41) is 10.9. The molecule has 0 bridgehead atoms. The first kappa shape index (κ1) is 14.8. The van der Waals surface area contributed by atoms with Crippen LogP contribution < -0.4 is 10.6 Å². The molecule has 8 heteroatoms. The van der Waals surface area contributed by atoms with E-state index in [0.29, 0.717) is 22.3 Å². The normalized spacial score (nSPS) is 10.9. The highest BCUT2D eigenvalue weighted by atomic mass is 35.5. The summed E-state index contributed by atoms with van der Waals surface area (Å²) in [6.07, 6.45) is 0. The molecular formula is C14H13ClN4O2S. The highest BCUT2D eigenvalue weighted by Gasteiger charge is 2.12. The summed E-state index contributed by atoms with van der Waals surface area (Å²) in [5.41, 5.74) is 1.44. The number of benzene rings is 1. The second kappa shape index (κ2) is 5.94. The molecule has 0 saturated carbocycles. The number of carbonyl (C=O) groups is 1. The fourth-order valence-corrected chi connectivity index (χ4v) is 3.08. The maximum Gasteiger partial charge on any atom is 0.244 e. The van der Waals surface area contributed by atoms with Crippen molar-refractivity contribution >= 4 is 50.6 Å². The Labute approximate surface area is 135 Å². The van der Waals surface area contributed by atoms with E-state index in [0.717, 1.165) is 15.2 Å². The number of thiazole rings is 1. The minimum atomic E-state index is -0.242. The maximum absolute atomic E-state index is 11.9. The first-order valence-electron chi connectivity index (χ1n) is 6.55. The Balaban J connectivity index is 1.73. The number of carbonyl (C=O) groups excluding carboxylic acids is 1.